The van der Waals surface area contributed by atoms with E-state index in [1.807, 2.05) is 37.4 Å². The van der Waals surface area contributed by atoms with Gasteiger partial charge in [0.15, 0.2) is 5.82 Å². The van der Waals surface area contributed by atoms with Gasteiger partial charge in [0.05, 0.1) is 10.0 Å². The molecule has 0 bridgehead atoms. The van der Waals surface area contributed by atoms with Gasteiger partial charge in [0.25, 0.3) is 5.89 Å². The molecule has 3 aromatic rings. The molecule has 144 valence electrons. The van der Waals surface area contributed by atoms with Crippen LogP contribution in [0.3, 0.4) is 0 Å². The molecule has 0 saturated carbocycles. The molecule has 3 rings (SSSR count). The van der Waals surface area contributed by atoms with Crippen molar-refractivity contribution in [3.63, 3.8) is 0 Å². The van der Waals surface area contributed by atoms with Gasteiger partial charge in [-0.05, 0) is 26.1 Å². The predicted octanol–water partition coefficient (Wildman–Crippen LogP) is 5.12. The molecule has 5 nitrogen and oxygen atoms in total. The van der Waals surface area contributed by atoms with Crippen LogP contribution in [0.4, 0.5) is 0 Å². The largest absolute Gasteiger partial charge is 0.476 e. The smallest absolute Gasteiger partial charge is 0.272 e. The second kappa shape index (κ2) is 9.95. The topological polar surface area (TPSA) is 60.2 Å². The SMILES string of the molecule is CNC(C)Cc1noc(C(Oc2ccc(Cl)c(Cl)c2)c2ccccc2)n1.Cl. The van der Waals surface area contributed by atoms with E-state index in [9.17, 15) is 0 Å². The molecule has 2 unspecified atom stereocenters. The maximum atomic E-state index is 6.11. The summed E-state index contributed by atoms with van der Waals surface area (Å²) >= 11 is 12.1. The van der Waals surface area contributed by atoms with Gasteiger partial charge < -0.3 is 14.6 Å². The maximum absolute atomic E-state index is 6.11. The van der Waals surface area contributed by atoms with Crippen molar-refractivity contribution in [3.05, 3.63) is 75.9 Å². The minimum absolute atomic E-state index is 0. The predicted molar refractivity (Wildman–Crippen MR) is 109 cm³/mol. The number of aromatic nitrogens is 2. The third kappa shape index (κ3) is 5.59. The molecule has 1 heterocycles. The second-order valence-electron chi connectivity index (χ2n) is 5.93. The zero-order valence-electron chi connectivity index (χ0n) is 14.9. The first-order valence-corrected chi connectivity index (χ1v) is 8.99. The molecule has 0 aliphatic heterocycles. The molecule has 2 aromatic carbocycles. The fraction of sp³-hybridized carbons (Fsp3) is 0.263. The first kappa shape index (κ1) is 21.5. The lowest BCUT2D eigenvalue weighted by atomic mass is 10.1. The van der Waals surface area contributed by atoms with Gasteiger partial charge in [-0.25, -0.2) is 0 Å². The Morgan fingerprint density at radius 3 is 2.52 bits per heavy atom. The molecule has 0 saturated heterocycles. The van der Waals surface area contributed by atoms with E-state index in [-0.39, 0.29) is 18.4 Å². The zero-order chi connectivity index (χ0) is 18.5. The Kier molecular flexibility index (Phi) is 7.92. The van der Waals surface area contributed by atoms with Gasteiger partial charge in [0.2, 0.25) is 6.10 Å². The molecule has 8 heteroatoms. The van der Waals surface area contributed by atoms with Crippen LogP contribution in [0.15, 0.2) is 53.1 Å². The van der Waals surface area contributed by atoms with Crippen LogP contribution in [0.1, 0.15) is 30.3 Å². The fourth-order valence-electron chi connectivity index (χ4n) is 2.41. The Morgan fingerprint density at radius 2 is 1.85 bits per heavy atom. The molecule has 1 aromatic heterocycles. The summed E-state index contributed by atoms with van der Waals surface area (Å²) in [4.78, 5) is 4.51. The molecule has 0 aliphatic rings. The van der Waals surface area contributed by atoms with Crippen LogP contribution < -0.4 is 10.1 Å². The van der Waals surface area contributed by atoms with E-state index in [4.69, 9.17) is 32.5 Å². The number of hydrogen-bond donors (Lipinski definition) is 1. The Labute approximate surface area is 174 Å². The van der Waals surface area contributed by atoms with Crippen LogP contribution in [0, 0.1) is 0 Å². The molecular weight excluding hydrogens is 409 g/mol. The Balaban J connectivity index is 0.00000261. The third-order valence-electron chi connectivity index (χ3n) is 3.94. The molecule has 1 N–H and O–H groups in total. The van der Waals surface area contributed by atoms with Crippen molar-refractivity contribution in [2.45, 2.75) is 25.5 Å². The van der Waals surface area contributed by atoms with Crippen molar-refractivity contribution in [1.82, 2.24) is 15.5 Å². The van der Waals surface area contributed by atoms with Crippen molar-refractivity contribution in [2.75, 3.05) is 7.05 Å². The van der Waals surface area contributed by atoms with Crippen LogP contribution in [-0.2, 0) is 6.42 Å². The van der Waals surface area contributed by atoms with Gasteiger partial charge in [0.1, 0.15) is 5.75 Å². The van der Waals surface area contributed by atoms with Gasteiger partial charge >= 0.3 is 0 Å². The van der Waals surface area contributed by atoms with E-state index >= 15 is 0 Å². The summed E-state index contributed by atoms with van der Waals surface area (Å²) < 4.78 is 11.6. The first-order valence-electron chi connectivity index (χ1n) is 8.23. The van der Waals surface area contributed by atoms with Gasteiger partial charge in [0, 0.05) is 24.1 Å². The van der Waals surface area contributed by atoms with Crippen LogP contribution in [0.25, 0.3) is 0 Å². The lowest BCUT2D eigenvalue weighted by molar-refractivity contribution is 0.193. The highest BCUT2D eigenvalue weighted by molar-refractivity contribution is 6.42. The number of hydrogen-bond acceptors (Lipinski definition) is 5. The van der Waals surface area contributed by atoms with Crippen LogP contribution in [0.2, 0.25) is 10.0 Å². The molecule has 2 atom stereocenters. The monoisotopic (exact) mass is 427 g/mol. The summed E-state index contributed by atoms with van der Waals surface area (Å²) in [5.74, 6) is 1.58. The number of benzene rings is 2. The third-order valence-corrected chi connectivity index (χ3v) is 4.68. The van der Waals surface area contributed by atoms with Gasteiger partial charge in [-0.2, -0.15) is 4.98 Å². The molecule has 0 radical (unpaired) electrons. The van der Waals surface area contributed by atoms with Crippen molar-refractivity contribution in [2.24, 2.45) is 0 Å². The number of likely N-dealkylation sites (N-methyl/N-ethyl adjacent to an activating group) is 1. The highest BCUT2D eigenvalue weighted by Crippen LogP contribution is 2.31. The molecular formula is C19H20Cl3N3O2. The van der Waals surface area contributed by atoms with E-state index < -0.39 is 6.10 Å². The van der Waals surface area contributed by atoms with E-state index in [1.165, 1.54) is 0 Å². The van der Waals surface area contributed by atoms with Gasteiger partial charge in [-0.3, -0.25) is 0 Å². The standard InChI is InChI=1S/C19H19Cl2N3O2.ClH/c1-12(22-2)10-17-23-19(26-24-17)18(13-6-4-3-5-7-13)25-14-8-9-15(20)16(21)11-14;/h3-9,11-12,18,22H,10H2,1-2H3;1H. The molecule has 0 aliphatic carbocycles. The maximum Gasteiger partial charge on any atom is 0.272 e. The van der Waals surface area contributed by atoms with Crippen molar-refractivity contribution >= 4 is 35.6 Å². The van der Waals surface area contributed by atoms with Crippen molar-refractivity contribution in [3.8, 4) is 5.75 Å². The zero-order valence-corrected chi connectivity index (χ0v) is 17.2. The minimum atomic E-state index is -0.542. The highest BCUT2D eigenvalue weighted by Gasteiger charge is 2.24. The summed E-state index contributed by atoms with van der Waals surface area (Å²) in [6.45, 7) is 2.05. The second-order valence-corrected chi connectivity index (χ2v) is 6.74. The number of halogens is 3. The average Bonchev–Trinajstić information content (AvgIpc) is 3.11. The van der Waals surface area contributed by atoms with Crippen LogP contribution in [-0.4, -0.2) is 23.2 Å². The van der Waals surface area contributed by atoms with Crippen molar-refractivity contribution < 1.29 is 9.26 Å². The Bertz CT molecular complexity index is 858. The van der Waals surface area contributed by atoms with Gasteiger partial charge in [-0.1, -0.05) is 58.7 Å². The number of rotatable bonds is 7. The molecule has 0 spiro atoms. The summed E-state index contributed by atoms with van der Waals surface area (Å²) in [5.41, 5.74) is 0.899. The molecule has 0 fully saturated rings. The lowest BCUT2D eigenvalue weighted by Gasteiger charge is -2.16. The number of nitrogens with one attached hydrogen (secondary N) is 1. The van der Waals surface area contributed by atoms with Crippen LogP contribution >= 0.6 is 35.6 Å². The fourth-order valence-corrected chi connectivity index (χ4v) is 2.70. The summed E-state index contributed by atoms with van der Waals surface area (Å²) in [7, 11) is 1.89. The minimum Gasteiger partial charge on any atom is -0.476 e. The average molecular weight is 429 g/mol. The number of nitrogens with zero attached hydrogens (tertiary/aromatic N) is 2. The number of ether oxygens (including phenoxy) is 1. The van der Waals surface area contributed by atoms with E-state index in [2.05, 4.69) is 22.4 Å². The molecule has 0 amide bonds. The van der Waals surface area contributed by atoms with E-state index in [0.717, 1.165) is 5.56 Å². The van der Waals surface area contributed by atoms with E-state index in [1.54, 1.807) is 18.2 Å². The quantitative estimate of drug-likeness (QED) is 0.566. The summed E-state index contributed by atoms with van der Waals surface area (Å²) in [6.07, 6.45) is 0.119. The van der Waals surface area contributed by atoms with Crippen LogP contribution in [0.5, 0.6) is 5.75 Å². The Hall–Kier alpha value is -1.79. The Morgan fingerprint density at radius 1 is 1.11 bits per heavy atom. The molecule has 27 heavy (non-hydrogen) atoms. The highest BCUT2D eigenvalue weighted by atomic mass is 35.5. The summed E-state index contributed by atoms with van der Waals surface area (Å²) in [6, 6.07) is 15.0. The van der Waals surface area contributed by atoms with E-state index in [0.29, 0.717) is 33.9 Å². The van der Waals surface area contributed by atoms with Crippen molar-refractivity contribution in [1.29, 1.82) is 0 Å². The first-order chi connectivity index (χ1) is 12.6. The lowest BCUT2D eigenvalue weighted by Crippen LogP contribution is -2.24. The normalized spacial score (nSPS) is 12.9. The van der Waals surface area contributed by atoms with Gasteiger partial charge in [-0.15, -0.1) is 12.4 Å². The summed E-state index contributed by atoms with van der Waals surface area (Å²) in [5, 5.41) is 8.12.